The molecule has 1 heterocycles. The predicted octanol–water partition coefficient (Wildman–Crippen LogP) is 4.36. The lowest BCUT2D eigenvalue weighted by atomic mass is 10.0. The van der Waals surface area contributed by atoms with Gasteiger partial charge in [0.15, 0.2) is 0 Å². The summed E-state index contributed by atoms with van der Waals surface area (Å²) in [4.78, 5) is 4.56. The van der Waals surface area contributed by atoms with E-state index < -0.39 is 5.82 Å². The Labute approximate surface area is 116 Å². The molecule has 2 aromatic carbocycles. The second-order valence-corrected chi connectivity index (χ2v) is 4.91. The Morgan fingerprint density at radius 1 is 1.05 bits per heavy atom. The van der Waals surface area contributed by atoms with Gasteiger partial charge in [-0.25, -0.2) is 9.37 Å². The summed E-state index contributed by atoms with van der Waals surface area (Å²) in [6.07, 6.45) is 0. The van der Waals surface area contributed by atoms with Crippen molar-refractivity contribution in [1.29, 1.82) is 0 Å². The van der Waals surface area contributed by atoms with Crippen molar-refractivity contribution < 1.29 is 9.50 Å². The summed E-state index contributed by atoms with van der Waals surface area (Å²) in [5.41, 5.74) is 3.39. The highest BCUT2D eigenvalue weighted by Crippen LogP contribution is 2.33. The molecule has 0 aliphatic carbocycles. The molecule has 1 aromatic heterocycles. The van der Waals surface area contributed by atoms with E-state index in [-0.39, 0.29) is 11.3 Å². The molecular formula is C17H14FNO. The minimum atomic E-state index is -0.413. The van der Waals surface area contributed by atoms with Gasteiger partial charge in [0.25, 0.3) is 0 Å². The molecule has 1 N–H and O–H groups in total. The lowest BCUT2D eigenvalue weighted by Gasteiger charge is -2.10. The van der Waals surface area contributed by atoms with Crippen molar-refractivity contribution in [3.8, 4) is 17.0 Å². The molecule has 0 fully saturated rings. The molecule has 0 radical (unpaired) electrons. The first-order chi connectivity index (χ1) is 9.58. The van der Waals surface area contributed by atoms with Gasteiger partial charge in [-0.2, -0.15) is 0 Å². The standard InChI is InChI=1S/C17H14FNO/c1-10-9-16(19-15-6-4-3-5-12(10)15)13-7-8-14(18)11(2)17(13)20/h3-9,20H,1-2H3. The smallest absolute Gasteiger partial charge is 0.130 e. The normalized spacial score (nSPS) is 10.9. The van der Waals surface area contributed by atoms with Crippen LogP contribution in [0.5, 0.6) is 5.75 Å². The van der Waals surface area contributed by atoms with Crippen LogP contribution in [-0.4, -0.2) is 10.1 Å². The highest BCUT2D eigenvalue weighted by atomic mass is 19.1. The number of phenolic OH excluding ortho intramolecular Hbond substituents is 1. The van der Waals surface area contributed by atoms with Crippen LogP contribution in [0.2, 0.25) is 0 Å². The molecule has 0 aliphatic heterocycles. The zero-order chi connectivity index (χ0) is 14.3. The number of halogens is 1. The fraction of sp³-hybridized carbons (Fsp3) is 0.118. The van der Waals surface area contributed by atoms with Crippen LogP contribution in [0, 0.1) is 19.7 Å². The number of nitrogens with zero attached hydrogens (tertiary/aromatic N) is 1. The number of phenols is 1. The van der Waals surface area contributed by atoms with Gasteiger partial charge in [-0.1, -0.05) is 18.2 Å². The summed E-state index contributed by atoms with van der Waals surface area (Å²) in [7, 11) is 0. The van der Waals surface area contributed by atoms with Gasteiger partial charge >= 0.3 is 0 Å². The first-order valence-electron chi connectivity index (χ1n) is 6.43. The molecule has 20 heavy (non-hydrogen) atoms. The van der Waals surface area contributed by atoms with Crippen molar-refractivity contribution in [3.63, 3.8) is 0 Å². The Morgan fingerprint density at radius 2 is 1.80 bits per heavy atom. The lowest BCUT2D eigenvalue weighted by Crippen LogP contribution is -1.92. The molecule has 0 atom stereocenters. The second kappa shape index (κ2) is 4.60. The minimum absolute atomic E-state index is 0.0489. The van der Waals surface area contributed by atoms with Crippen molar-refractivity contribution in [1.82, 2.24) is 4.98 Å². The molecule has 100 valence electrons. The van der Waals surface area contributed by atoms with Gasteiger partial charge in [0.2, 0.25) is 0 Å². The molecule has 3 aromatic rings. The maximum atomic E-state index is 13.4. The summed E-state index contributed by atoms with van der Waals surface area (Å²) in [6, 6.07) is 12.7. The van der Waals surface area contributed by atoms with Crippen molar-refractivity contribution in [2.45, 2.75) is 13.8 Å². The maximum absolute atomic E-state index is 13.4. The van der Waals surface area contributed by atoms with Crippen LogP contribution in [-0.2, 0) is 0 Å². The number of hydrogen-bond donors (Lipinski definition) is 1. The van der Waals surface area contributed by atoms with Gasteiger partial charge in [0, 0.05) is 16.5 Å². The molecule has 0 amide bonds. The van der Waals surface area contributed by atoms with Gasteiger partial charge in [-0.15, -0.1) is 0 Å². The van der Waals surface area contributed by atoms with Crippen LogP contribution in [0.3, 0.4) is 0 Å². The Kier molecular flexibility index (Phi) is 2.90. The molecule has 0 saturated heterocycles. The SMILES string of the molecule is Cc1c(F)ccc(-c2cc(C)c3ccccc3n2)c1O. The molecule has 0 aliphatic rings. The van der Waals surface area contributed by atoms with Crippen LogP contribution in [0.15, 0.2) is 42.5 Å². The number of aromatic nitrogens is 1. The van der Waals surface area contributed by atoms with E-state index in [1.54, 1.807) is 13.0 Å². The Bertz CT molecular complexity index is 811. The first kappa shape index (κ1) is 12.6. The van der Waals surface area contributed by atoms with Crippen LogP contribution < -0.4 is 0 Å². The third-order valence-corrected chi connectivity index (χ3v) is 3.56. The van der Waals surface area contributed by atoms with E-state index >= 15 is 0 Å². The van der Waals surface area contributed by atoms with E-state index in [0.29, 0.717) is 11.3 Å². The van der Waals surface area contributed by atoms with Crippen LogP contribution in [0.1, 0.15) is 11.1 Å². The number of aryl methyl sites for hydroxylation is 1. The molecule has 2 nitrogen and oxygen atoms in total. The number of hydrogen-bond acceptors (Lipinski definition) is 2. The summed E-state index contributed by atoms with van der Waals surface area (Å²) in [6.45, 7) is 3.56. The third-order valence-electron chi connectivity index (χ3n) is 3.56. The summed E-state index contributed by atoms with van der Waals surface area (Å²) >= 11 is 0. The molecule has 0 unspecified atom stereocenters. The molecule has 0 spiro atoms. The zero-order valence-electron chi connectivity index (χ0n) is 11.3. The van der Waals surface area contributed by atoms with Crippen LogP contribution in [0.25, 0.3) is 22.2 Å². The quantitative estimate of drug-likeness (QED) is 0.710. The average molecular weight is 267 g/mol. The Balaban J connectivity index is 2.28. The maximum Gasteiger partial charge on any atom is 0.130 e. The van der Waals surface area contributed by atoms with E-state index in [2.05, 4.69) is 4.98 Å². The highest BCUT2D eigenvalue weighted by molar-refractivity contribution is 5.85. The fourth-order valence-electron chi connectivity index (χ4n) is 2.37. The number of fused-ring (bicyclic) bond motifs is 1. The summed E-state index contributed by atoms with van der Waals surface area (Å²) in [5, 5.41) is 11.2. The van der Waals surface area contributed by atoms with E-state index in [9.17, 15) is 9.50 Å². The Hall–Kier alpha value is -2.42. The lowest BCUT2D eigenvalue weighted by molar-refractivity contribution is 0.465. The van der Waals surface area contributed by atoms with E-state index in [4.69, 9.17) is 0 Å². The van der Waals surface area contributed by atoms with Gasteiger partial charge in [-0.05, 0) is 43.7 Å². The highest BCUT2D eigenvalue weighted by Gasteiger charge is 2.13. The van der Waals surface area contributed by atoms with E-state index in [1.165, 1.54) is 6.07 Å². The van der Waals surface area contributed by atoms with Crippen molar-refractivity contribution in [2.24, 2.45) is 0 Å². The largest absolute Gasteiger partial charge is 0.507 e. The number of benzene rings is 2. The minimum Gasteiger partial charge on any atom is -0.507 e. The molecular weight excluding hydrogens is 253 g/mol. The molecule has 3 rings (SSSR count). The van der Waals surface area contributed by atoms with Crippen LogP contribution >= 0.6 is 0 Å². The van der Waals surface area contributed by atoms with Gasteiger partial charge in [0.05, 0.1) is 11.2 Å². The van der Waals surface area contributed by atoms with Gasteiger partial charge < -0.3 is 5.11 Å². The monoisotopic (exact) mass is 267 g/mol. The number of para-hydroxylation sites is 1. The second-order valence-electron chi connectivity index (χ2n) is 4.91. The summed E-state index contributed by atoms with van der Waals surface area (Å²) in [5.74, 6) is -0.462. The van der Waals surface area contributed by atoms with E-state index in [1.807, 2.05) is 37.3 Å². The third kappa shape index (κ3) is 1.92. The number of aromatic hydroxyl groups is 1. The zero-order valence-corrected chi connectivity index (χ0v) is 11.3. The van der Waals surface area contributed by atoms with Gasteiger partial charge in [-0.3, -0.25) is 0 Å². The average Bonchev–Trinajstić information content (AvgIpc) is 2.45. The number of pyridine rings is 1. The number of rotatable bonds is 1. The fourth-order valence-corrected chi connectivity index (χ4v) is 2.37. The molecule has 0 saturated carbocycles. The molecule has 0 bridgehead atoms. The van der Waals surface area contributed by atoms with Crippen molar-refractivity contribution >= 4 is 10.9 Å². The van der Waals surface area contributed by atoms with Crippen molar-refractivity contribution in [2.75, 3.05) is 0 Å². The predicted molar refractivity (Wildman–Crippen MR) is 78.3 cm³/mol. The Morgan fingerprint density at radius 3 is 2.60 bits per heavy atom. The molecule has 3 heteroatoms. The van der Waals surface area contributed by atoms with Gasteiger partial charge in [0.1, 0.15) is 11.6 Å². The topological polar surface area (TPSA) is 33.1 Å². The van der Waals surface area contributed by atoms with E-state index in [0.717, 1.165) is 16.5 Å². The van der Waals surface area contributed by atoms with Crippen molar-refractivity contribution in [3.05, 3.63) is 59.4 Å². The first-order valence-corrected chi connectivity index (χ1v) is 6.43. The van der Waals surface area contributed by atoms with Crippen LogP contribution in [0.4, 0.5) is 4.39 Å². The summed E-state index contributed by atoms with van der Waals surface area (Å²) < 4.78 is 13.4.